The maximum Gasteiger partial charge on any atom is 0.325 e. The Kier molecular flexibility index (Phi) is 19.6. The van der Waals surface area contributed by atoms with Gasteiger partial charge in [0.05, 0.1) is 70.8 Å². The SMILES string of the molecule is CCOC(=O)C(COCc1ccccc1)N1CCN(C(COCc2ccccc2)C(=O)OCC)Cc2cccc(n2)CN(C(COCc2ccccc2)C(=O)OCC)CC1. The fourth-order valence-corrected chi connectivity index (χ4v) is 7.02. The third-order valence-corrected chi connectivity index (χ3v) is 10.1. The molecular formula is C47H60N4O9. The van der Waals surface area contributed by atoms with Gasteiger partial charge < -0.3 is 28.4 Å². The van der Waals surface area contributed by atoms with Crippen LogP contribution in [0.1, 0.15) is 48.8 Å². The average molecular weight is 825 g/mol. The van der Waals surface area contributed by atoms with E-state index >= 15 is 0 Å². The molecule has 0 saturated heterocycles. The smallest absolute Gasteiger partial charge is 0.325 e. The Morgan fingerprint density at radius 2 is 0.783 bits per heavy atom. The lowest BCUT2D eigenvalue weighted by Gasteiger charge is -2.37. The molecule has 3 unspecified atom stereocenters. The molecule has 0 N–H and O–H groups in total. The minimum Gasteiger partial charge on any atom is -0.465 e. The minimum atomic E-state index is -0.804. The number of fused-ring (bicyclic) bond motifs is 2. The second-order valence-corrected chi connectivity index (χ2v) is 14.4. The second kappa shape index (κ2) is 25.6. The lowest BCUT2D eigenvalue weighted by Crippen LogP contribution is -2.54. The van der Waals surface area contributed by atoms with Crippen molar-refractivity contribution in [2.75, 3.05) is 65.8 Å². The Balaban J connectivity index is 1.49. The van der Waals surface area contributed by atoms with Crippen molar-refractivity contribution in [2.24, 2.45) is 0 Å². The van der Waals surface area contributed by atoms with Crippen molar-refractivity contribution in [1.82, 2.24) is 19.7 Å². The zero-order valence-electron chi connectivity index (χ0n) is 35.2. The van der Waals surface area contributed by atoms with Gasteiger partial charge in [-0.15, -0.1) is 0 Å². The van der Waals surface area contributed by atoms with Gasteiger partial charge in [-0.3, -0.25) is 34.1 Å². The van der Waals surface area contributed by atoms with Gasteiger partial charge in [0.2, 0.25) is 0 Å². The molecule has 0 saturated carbocycles. The molecule has 2 bridgehead atoms. The predicted octanol–water partition coefficient (Wildman–Crippen LogP) is 5.45. The van der Waals surface area contributed by atoms with Crippen LogP contribution >= 0.6 is 0 Å². The van der Waals surface area contributed by atoms with Gasteiger partial charge in [-0.05, 0) is 49.6 Å². The first-order valence-corrected chi connectivity index (χ1v) is 20.9. The monoisotopic (exact) mass is 824 g/mol. The number of esters is 3. The summed E-state index contributed by atoms with van der Waals surface area (Å²) < 4.78 is 35.5. The van der Waals surface area contributed by atoms with E-state index in [9.17, 15) is 14.4 Å². The average Bonchev–Trinajstić information content (AvgIpc) is 3.26. The van der Waals surface area contributed by atoms with Crippen LogP contribution in [-0.2, 0) is 75.7 Å². The summed E-state index contributed by atoms with van der Waals surface area (Å²) in [7, 11) is 0. The lowest BCUT2D eigenvalue weighted by atomic mass is 10.1. The van der Waals surface area contributed by atoms with Crippen LogP contribution in [0.3, 0.4) is 0 Å². The molecule has 4 aromatic rings. The highest BCUT2D eigenvalue weighted by Gasteiger charge is 2.35. The standard InChI is InChI=1S/C47H60N4O9/c1-4-58-45(52)42(34-55-31-37-17-10-7-11-18-37)49-25-27-50(43(46(53)59-5-2)35-56-32-38-19-12-8-13-20-38)29-40-23-16-24-41(48-40)30-51(28-26-49)44(47(54)60-6-3)36-57-33-39-21-14-9-15-22-39/h7-24,42-44H,4-6,25-36H2,1-3H3. The van der Waals surface area contributed by atoms with Gasteiger partial charge in [0.1, 0.15) is 18.1 Å². The highest BCUT2D eigenvalue weighted by atomic mass is 16.5. The number of aromatic nitrogens is 1. The van der Waals surface area contributed by atoms with Crippen molar-refractivity contribution < 1.29 is 42.8 Å². The molecule has 1 aliphatic rings. The third-order valence-electron chi connectivity index (χ3n) is 10.1. The molecule has 13 heteroatoms. The molecule has 0 radical (unpaired) electrons. The van der Waals surface area contributed by atoms with E-state index in [0.717, 1.165) is 28.1 Å². The van der Waals surface area contributed by atoms with Crippen LogP contribution in [0.25, 0.3) is 0 Å². The first-order chi connectivity index (χ1) is 29.4. The van der Waals surface area contributed by atoms with E-state index in [0.29, 0.717) is 46.0 Å². The number of hydrogen-bond acceptors (Lipinski definition) is 13. The Morgan fingerprint density at radius 3 is 1.12 bits per heavy atom. The van der Waals surface area contributed by atoms with E-state index in [1.54, 1.807) is 20.8 Å². The van der Waals surface area contributed by atoms with E-state index in [-0.39, 0.29) is 52.7 Å². The third kappa shape index (κ3) is 14.9. The topological polar surface area (TPSA) is 129 Å². The summed E-state index contributed by atoms with van der Waals surface area (Å²) in [5.74, 6) is -1.25. The van der Waals surface area contributed by atoms with Gasteiger partial charge in [-0.1, -0.05) is 97.1 Å². The fourth-order valence-electron chi connectivity index (χ4n) is 7.02. The molecular weight excluding hydrogens is 765 g/mol. The number of pyridine rings is 1. The van der Waals surface area contributed by atoms with Crippen LogP contribution in [0.15, 0.2) is 109 Å². The molecule has 0 aliphatic carbocycles. The molecule has 3 atom stereocenters. The Bertz CT molecular complexity index is 1760. The summed E-state index contributed by atoms with van der Waals surface area (Å²) in [5.41, 5.74) is 4.38. The molecule has 60 heavy (non-hydrogen) atoms. The minimum absolute atomic E-state index is 0.0529. The van der Waals surface area contributed by atoms with Gasteiger partial charge in [0.25, 0.3) is 0 Å². The maximum absolute atomic E-state index is 13.9. The van der Waals surface area contributed by atoms with Crippen LogP contribution in [0.5, 0.6) is 0 Å². The second-order valence-electron chi connectivity index (χ2n) is 14.4. The predicted molar refractivity (Wildman–Crippen MR) is 226 cm³/mol. The largest absolute Gasteiger partial charge is 0.465 e. The Hall–Kier alpha value is -5.02. The van der Waals surface area contributed by atoms with Crippen molar-refractivity contribution in [1.29, 1.82) is 0 Å². The van der Waals surface area contributed by atoms with Crippen molar-refractivity contribution >= 4 is 17.9 Å². The van der Waals surface area contributed by atoms with Crippen molar-refractivity contribution in [3.05, 3.63) is 137 Å². The van der Waals surface area contributed by atoms with Crippen LogP contribution in [-0.4, -0.2) is 122 Å². The summed E-state index contributed by atoms with van der Waals surface area (Å²) in [4.78, 5) is 52.5. The van der Waals surface area contributed by atoms with Gasteiger partial charge >= 0.3 is 17.9 Å². The molecule has 0 spiro atoms. The number of hydrogen-bond donors (Lipinski definition) is 0. The maximum atomic E-state index is 13.9. The number of benzene rings is 3. The Morgan fingerprint density at radius 1 is 0.467 bits per heavy atom. The van der Waals surface area contributed by atoms with Crippen LogP contribution < -0.4 is 0 Å². The highest BCUT2D eigenvalue weighted by molar-refractivity contribution is 5.77. The molecule has 0 fully saturated rings. The summed E-state index contributed by atoms with van der Waals surface area (Å²) in [6, 6.07) is 32.8. The van der Waals surface area contributed by atoms with Gasteiger partial charge in [0, 0.05) is 39.3 Å². The molecule has 3 aromatic carbocycles. The summed E-state index contributed by atoms with van der Waals surface area (Å²) >= 11 is 0. The van der Waals surface area contributed by atoms with Crippen LogP contribution in [0, 0.1) is 0 Å². The molecule has 1 aromatic heterocycles. The summed E-state index contributed by atoms with van der Waals surface area (Å²) in [5, 5.41) is 0. The van der Waals surface area contributed by atoms with E-state index in [4.69, 9.17) is 33.4 Å². The lowest BCUT2D eigenvalue weighted by molar-refractivity contribution is -0.156. The number of ether oxygens (including phenoxy) is 6. The Labute approximate surface area is 354 Å². The van der Waals surface area contributed by atoms with Crippen molar-refractivity contribution in [3.8, 4) is 0 Å². The highest BCUT2D eigenvalue weighted by Crippen LogP contribution is 2.18. The van der Waals surface area contributed by atoms with Gasteiger partial charge in [-0.2, -0.15) is 0 Å². The number of carbonyl (C=O) groups is 3. The normalized spacial score (nSPS) is 15.8. The van der Waals surface area contributed by atoms with E-state index < -0.39 is 36.0 Å². The first kappa shape index (κ1) is 46.1. The number of rotatable bonds is 21. The van der Waals surface area contributed by atoms with E-state index in [2.05, 4.69) is 0 Å². The molecule has 0 amide bonds. The molecule has 322 valence electrons. The molecule has 5 rings (SSSR count). The first-order valence-electron chi connectivity index (χ1n) is 20.9. The molecule has 2 heterocycles. The zero-order chi connectivity index (χ0) is 42.4. The zero-order valence-corrected chi connectivity index (χ0v) is 35.2. The van der Waals surface area contributed by atoms with Crippen molar-refractivity contribution in [2.45, 2.75) is 71.8 Å². The van der Waals surface area contributed by atoms with Crippen LogP contribution in [0.4, 0.5) is 0 Å². The fraction of sp³-hybridized carbons (Fsp3) is 0.447. The summed E-state index contributed by atoms with van der Waals surface area (Å²) in [6.45, 7) is 8.99. The van der Waals surface area contributed by atoms with Crippen LogP contribution in [0.2, 0.25) is 0 Å². The summed E-state index contributed by atoms with van der Waals surface area (Å²) in [6.07, 6.45) is 0. The van der Waals surface area contributed by atoms with Gasteiger partial charge in [0.15, 0.2) is 0 Å². The molecule has 1 aliphatic heterocycles. The quantitative estimate of drug-likeness (QED) is 0.0782. The number of nitrogens with zero attached hydrogens (tertiary/aromatic N) is 4. The van der Waals surface area contributed by atoms with Gasteiger partial charge in [-0.25, -0.2) is 0 Å². The van der Waals surface area contributed by atoms with Crippen molar-refractivity contribution in [3.63, 3.8) is 0 Å². The van der Waals surface area contributed by atoms with E-state index in [1.807, 2.05) is 124 Å². The number of carbonyl (C=O) groups excluding carboxylic acids is 3. The molecule has 13 nitrogen and oxygen atoms in total. The van der Waals surface area contributed by atoms with E-state index in [1.165, 1.54) is 0 Å².